The zero-order valence-corrected chi connectivity index (χ0v) is 11.0. The van der Waals surface area contributed by atoms with E-state index in [9.17, 15) is 4.79 Å². The molecule has 0 spiro atoms. The van der Waals surface area contributed by atoms with E-state index in [1.807, 2.05) is 6.07 Å². The van der Waals surface area contributed by atoms with Crippen LogP contribution in [0, 0.1) is 0 Å². The summed E-state index contributed by atoms with van der Waals surface area (Å²) in [6, 6.07) is 10.6. The van der Waals surface area contributed by atoms with Crippen LogP contribution in [-0.4, -0.2) is 12.8 Å². The molecule has 0 aliphatic carbocycles. The molecule has 0 bridgehead atoms. The molecular formula is C15H15NOS. The Kier molecular flexibility index (Phi) is 3.15. The van der Waals surface area contributed by atoms with Gasteiger partial charge in [0.05, 0.1) is 10.6 Å². The van der Waals surface area contributed by atoms with E-state index in [1.165, 1.54) is 35.4 Å². The second-order valence-corrected chi connectivity index (χ2v) is 5.51. The van der Waals surface area contributed by atoms with Crippen LogP contribution in [0.4, 0.5) is 11.4 Å². The second-order valence-electron chi connectivity index (χ2n) is 4.56. The largest absolute Gasteiger partial charge is 0.341 e. The van der Waals surface area contributed by atoms with Crippen molar-refractivity contribution in [3.8, 4) is 0 Å². The summed E-state index contributed by atoms with van der Waals surface area (Å²) < 4.78 is 0. The predicted molar refractivity (Wildman–Crippen MR) is 76.1 cm³/mol. The van der Waals surface area contributed by atoms with Crippen LogP contribution in [0.2, 0.25) is 0 Å². The van der Waals surface area contributed by atoms with Crippen molar-refractivity contribution in [2.45, 2.75) is 19.3 Å². The monoisotopic (exact) mass is 257 g/mol. The zero-order valence-electron chi connectivity index (χ0n) is 10.1. The Balaban J connectivity index is 2.03. The van der Waals surface area contributed by atoms with Gasteiger partial charge in [-0.15, -0.1) is 11.3 Å². The van der Waals surface area contributed by atoms with Gasteiger partial charge in [-0.3, -0.25) is 4.79 Å². The zero-order chi connectivity index (χ0) is 12.4. The van der Waals surface area contributed by atoms with Gasteiger partial charge in [0.15, 0.2) is 6.29 Å². The number of nitrogens with zero attached hydrogens (tertiary/aromatic N) is 1. The molecule has 0 unspecified atom stereocenters. The topological polar surface area (TPSA) is 20.3 Å². The number of benzene rings is 1. The second kappa shape index (κ2) is 4.94. The molecule has 2 heterocycles. The highest BCUT2D eigenvalue weighted by Crippen LogP contribution is 2.34. The lowest BCUT2D eigenvalue weighted by atomic mass is 10.1. The Morgan fingerprint density at radius 2 is 2.11 bits per heavy atom. The number of hydrogen-bond donors (Lipinski definition) is 0. The summed E-state index contributed by atoms with van der Waals surface area (Å²) in [5.41, 5.74) is 3.86. The number of para-hydroxylation sites is 1. The molecule has 92 valence electrons. The summed E-state index contributed by atoms with van der Waals surface area (Å²) >= 11 is 1.51. The van der Waals surface area contributed by atoms with Gasteiger partial charge in [0.25, 0.3) is 0 Å². The third-order valence-electron chi connectivity index (χ3n) is 3.39. The van der Waals surface area contributed by atoms with Crippen molar-refractivity contribution in [3.05, 3.63) is 46.2 Å². The van der Waals surface area contributed by atoms with Crippen LogP contribution >= 0.6 is 11.3 Å². The Bertz CT molecular complexity index is 561. The Hall–Kier alpha value is -1.61. The average molecular weight is 257 g/mol. The van der Waals surface area contributed by atoms with Crippen LogP contribution in [-0.2, 0) is 6.42 Å². The molecule has 1 aliphatic rings. The van der Waals surface area contributed by atoms with Crippen LogP contribution in [0.1, 0.15) is 28.1 Å². The first-order valence-electron chi connectivity index (χ1n) is 6.27. The third kappa shape index (κ3) is 2.06. The fraction of sp³-hybridized carbons (Fsp3) is 0.267. The number of hydrogen-bond acceptors (Lipinski definition) is 3. The van der Waals surface area contributed by atoms with Crippen molar-refractivity contribution in [1.29, 1.82) is 0 Å². The molecule has 1 aliphatic heterocycles. The molecule has 3 heteroatoms. The van der Waals surface area contributed by atoms with Gasteiger partial charge in [-0.2, -0.15) is 0 Å². The lowest BCUT2D eigenvalue weighted by Gasteiger charge is -2.23. The summed E-state index contributed by atoms with van der Waals surface area (Å²) in [4.78, 5) is 13.9. The normalized spacial score (nSPS) is 15.0. The van der Waals surface area contributed by atoms with Crippen LogP contribution in [0.5, 0.6) is 0 Å². The standard InChI is InChI=1S/C15H15NOS/c17-10-14-9-13(11-18-14)16-8-4-3-6-12-5-1-2-7-15(12)16/h1-2,5,7,9-11H,3-4,6,8H2. The van der Waals surface area contributed by atoms with E-state index in [0.717, 1.165) is 29.8 Å². The number of carbonyl (C=O) groups is 1. The predicted octanol–water partition coefficient (Wildman–Crippen LogP) is 4.04. The summed E-state index contributed by atoms with van der Waals surface area (Å²) in [6.45, 7) is 1.03. The van der Waals surface area contributed by atoms with Gasteiger partial charge in [0.2, 0.25) is 0 Å². The van der Waals surface area contributed by atoms with Crippen LogP contribution < -0.4 is 4.90 Å². The minimum atomic E-state index is 0.798. The lowest BCUT2D eigenvalue weighted by molar-refractivity contribution is 0.112. The summed E-state index contributed by atoms with van der Waals surface area (Å²) in [6.07, 6.45) is 4.51. The van der Waals surface area contributed by atoms with E-state index < -0.39 is 0 Å². The van der Waals surface area contributed by atoms with E-state index in [1.54, 1.807) is 0 Å². The molecule has 0 atom stereocenters. The van der Waals surface area contributed by atoms with Gasteiger partial charge in [0.1, 0.15) is 0 Å². The number of aryl methyl sites for hydroxylation is 1. The van der Waals surface area contributed by atoms with E-state index in [4.69, 9.17) is 0 Å². The van der Waals surface area contributed by atoms with E-state index >= 15 is 0 Å². The quantitative estimate of drug-likeness (QED) is 0.757. The molecule has 0 radical (unpaired) electrons. The molecule has 0 saturated heterocycles. The summed E-state index contributed by atoms with van der Waals surface area (Å²) in [5.74, 6) is 0. The first kappa shape index (κ1) is 11.5. The maximum Gasteiger partial charge on any atom is 0.160 e. The molecule has 0 saturated carbocycles. The lowest BCUT2D eigenvalue weighted by Crippen LogP contribution is -2.17. The molecule has 1 aromatic carbocycles. The SMILES string of the molecule is O=Cc1cc(N2CCCCc3ccccc32)cs1. The number of rotatable bonds is 2. The fourth-order valence-electron chi connectivity index (χ4n) is 2.51. The van der Waals surface area contributed by atoms with Gasteiger partial charge >= 0.3 is 0 Å². The van der Waals surface area contributed by atoms with Gasteiger partial charge in [-0.05, 0) is 37.0 Å². The van der Waals surface area contributed by atoms with E-state index in [-0.39, 0.29) is 0 Å². The maximum atomic E-state index is 10.8. The van der Waals surface area contributed by atoms with Crippen LogP contribution in [0.15, 0.2) is 35.7 Å². The van der Waals surface area contributed by atoms with Gasteiger partial charge < -0.3 is 4.90 Å². The number of aldehydes is 1. The van der Waals surface area contributed by atoms with Gasteiger partial charge in [0, 0.05) is 17.6 Å². The number of carbonyl (C=O) groups excluding carboxylic acids is 1. The number of fused-ring (bicyclic) bond motifs is 1. The highest BCUT2D eigenvalue weighted by molar-refractivity contribution is 7.12. The maximum absolute atomic E-state index is 10.8. The molecule has 0 fully saturated rings. The minimum absolute atomic E-state index is 0.798. The van der Waals surface area contributed by atoms with Gasteiger partial charge in [-0.1, -0.05) is 18.2 Å². The van der Waals surface area contributed by atoms with Crippen molar-refractivity contribution in [2.75, 3.05) is 11.4 Å². The highest BCUT2D eigenvalue weighted by atomic mass is 32.1. The van der Waals surface area contributed by atoms with Crippen molar-refractivity contribution in [1.82, 2.24) is 0 Å². The Morgan fingerprint density at radius 3 is 2.94 bits per heavy atom. The molecule has 3 rings (SSSR count). The Morgan fingerprint density at radius 1 is 1.22 bits per heavy atom. The van der Waals surface area contributed by atoms with Crippen LogP contribution in [0.3, 0.4) is 0 Å². The molecular weight excluding hydrogens is 242 g/mol. The molecule has 2 nitrogen and oxygen atoms in total. The highest BCUT2D eigenvalue weighted by Gasteiger charge is 2.17. The van der Waals surface area contributed by atoms with Crippen molar-refractivity contribution in [3.63, 3.8) is 0 Å². The molecule has 0 amide bonds. The van der Waals surface area contributed by atoms with E-state index in [2.05, 4.69) is 34.5 Å². The first-order valence-corrected chi connectivity index (χ1v) is 7.15. The van der Waals surface area contributed by atoms with Gasteiger partial charge in [-0.25, -0.2) is 0 Å². The van der Waals surface area contributed by atoms with Crippen molar-refractivity contribution >= 4 is 29.0 Å². The average Bonchev–Trinajstić information content (AvgIpc) is 2.78. The number of anilines is 2. The summed E-state index contributed by atoms with van der Waals surface area (Å²) in [5, 5.41) is 2.08. The molecule has 1 aromatic heterocycles. The first-order chi connectivity index (χ1) is 8.88. The summed E-state index contributed by atoms with van der Waals surface area (Å²) in [7, 11) is 0. The molecule has 18 heavy (non-hydrogen) atoms. The smallest absolute Gasteiger partial charge is 0.160 e. The van der Waals surface area contributed by atoms with E-state index in [0.29, 0.717) is 0 Å². The van der Waals surface area contributed by atoms with Crippen molar-refractivity contribution < 1.29 is 4.79 Å². The van der Waals surface area contributed by atoms with Crippen molar-refractivity contribution in [2.24, 2.45) is 0 Å². The fourth-order valence-corrected chi connectivity index (χ4v) is 3.20. The number of thiophene rings is 1. The third-order valence-corrected chi connectivity index (χ3v) is 4.24. The molecule has 2 aromatic rings. The van der Waals surface area contributed by atoms with Crippen LogP contribution in [0.25, 0.3) is 0 Å². The Labute approximate surface area is 111 Å². The minimum Gasteiger partial charge on any atom is -0.341 e. The molecule has 0 N–H and O–H groups in total.